The standard InChI is InChI=1S/C12H14ClN5O2/c13-10-2-1-8(12(14)20)5-11(10)15-6-9-7-18(3-4-19)17-16-9/h1-2,5,7,15,19H,3-4,6H2,(H2,14,20). The maximum Gasteiger partial charge on any atom is 0.248 e. The molecule has 1 heterocycles. The Morgan fingerprint density at radius 2 is 2.30 bits per heavy atom. The fraction of sp³-hybridized carbons (Fsp3) is 0.250. The fourth-order valence-electron chi connectivity index (χ4n) is 1.63. The monoisotopic (exact) mass is 295 g/mol. The third kappa shape index (κ3) is 3.46. The molecule has 0 unspecified atom stereocenters. The van der Waals surface area contributed by atoms with Crippen LogP contribution < -0.4 is 11.1 Å². The topological polar surface area (TPSA) is 106 Å². The van der Waals surface area contributed by atoms with Crippen molar-refractivity contribution >= 4 is 23.2 Å². The third-order valence-corrected chi connectivity index (χ3v) is 2.96. The molecule has 0 aliphatic carbocycles. The van der Waals surface area contributed by atoms with Gasteiger partial charge in [-0.3, -0.25) is 4.79 Å². The van der Waals surface area contributed by atoms with E-state index in [0.29, 0.717) is 35.1 Å². The number of aliphatic hydroxyl groups is 1. The quantitative estimate of drug-likeness (QED) is 0.725. The highest BCUT2D eigenvalue weighted by Gasteiger charge is 2.07. The lowest BCUT2D eigenvalue weighted by molar-refractivity contribution is 0.100. The molecule has 0 atom stereocenters. The van der Waals surface area contributed by atoms with Crippen molar-refractivity contribution in [2.75, 3.05) is 11.9 Å². The Kier molecular flexibility index (Phi) is 4.54. The number of anilines is 1. The largest absolute Gasteiger partial charge is 0.394 e. The van der Waals surface area contributed by atoms with Crippen LogP contribution in [-0.4, -0.2) is 32.6 Å². The average molecular weight is 296 g/mol. The number of primary amides is 1. The highest BCUT2D eigenvalue weighted by atomic mass is 35.5. The molecule has 2 rings (SSSR count). The minimum atomic E-state index is -0.515. The highest BCUT2D eigenvalue weighted by Crippen LogP contribution is 2.23. The molecule has 1 amide bonds. The predicted molar refractivity (Wildman–Crippen MR) is 74.4 cm³/mol. The number of amides is 1. The molecular weight excluding hydrogens is 282 g/mol. The van der Waals surface area contributed by atoms with E-state index in [0.717, 1.165) is 0 Å². The first-order chi connectivity index (χ1) is 9.60. The van der Waals surface area contributed by atoms with E-state index >= 15 is 0 Å². The van der Waals surface area contributed by atoms with E-state index in [1.165, 1.54) is 0 Å². The number of rotatable bonds is 6. The fourth-order valence-corrected chi connectivity index (χ4v) is 1.82. The van der Waals surface area contributed by atoms with Crippen LogP contribution in [0.2, 0.25) is 5.02 Å². The predicted octanol–water partition coefficient (Wildman–Crippen LogP) is 0.635. The van der Waals surface area contributed by atoms with Crippen LogP contribution >= 0.6 is 11.6 Å². The Balaban J connectivity index is 2.05. The molecule has 0 saturated heterocycles. The van der Waals surface area contributed by atoms with Crippen LogP contribution in [0.25, 0.3) is 0 Å². The molecule has 1 aromatic heterocycles. The van der Waals surface area contributed by atoms with E-state index in [9.17, 15) is 4.79 Å². The number of aliphatic hydroxyl groups excluding tert-OH is 1. The maximum absolute atomic E-state index is 11.1. The van der Waals surface area contributed by atoms with Gasteiger partial charge in [-0.2, -0.15) is 0 Å². The molecule has 2 aromatic rings. The molecule has 7 nitrogen and oxygen atoms in total. The average Bonchev–Trinajstić information content (AvgIpc) is 2.86. The zero-order chi connectivity index (χ0) is 14.5. The van der Waals surface area contributed by atoms with Crippen LogP contribution in [0, 0.1) is 0 Å². The van der Waals surface area contributed by atoms with E-state index < -0.39 is 5.91 Å². The van der Waals surface area contributed by atoms with Gasteiger partial charge in [0, 0.05) is 5.56 Å². The lowest BCUT2D eigenvalue weighted by Gasteiger charge is -2.07. The first-order valence-electron chi connectivity index (χ1n) is 5.93. The Labute approximate surface area is 120 Å². The number of nitrogens with two attached hydrogens (primary N) is 1. The van der Waals surface area contributed by atoms with Gasteiger partial charge in [-0.05, 0) is 18.2 Å². The number of hydrogen-bond donors (Lipinski definition) is 3. The van der Waals surface area contributed by atoms with Gasteiger partial charge < -0.3 is 16.2 Å². The van der Waals surface area contributed by atoms with Crippen LogP contribution in [0.1, 0.15) is 16.1 Å². The lowest BCUT2D eigenvalue weighted by atomic mass is 10.2. The molecule has 8 heteroatoms. The second-order valence-electron chi connectivity index (χ2n) is 4.11. The Hall–Kier alpha value is -2.12. The highest BCUT2D eigenvalue weighted by molar-refractivity contribution is 6.33. The maximum atomic E-state index is 11.1. The van der Waals surface area contributed by atoms with E-state index in [1.54, 1.807) is 29.1 Å². The molecule has 0 spiro atoms. The summed E-state index contributed by atoms with van der Waals surface area (Å²) in [6.45, 7) is 0.793. The number of carbonyl (C=O) groups is 1. The van der Waals surface area contributed by atoms with Gasteiger partial charge >= 0.3 is 0 Å². The second kappa shape index (κ2) is 6.36. The summed E-state index contributed by atoms with van der Waals surface area (Å²) in [7, 11) is 0. The van der Waals surface area contributed by atoms with E-state index in [2.05, 4.69) is 15.6 Å². The molecule has 0 fully saturated rings. The van der Waals surface area contributed by atoms with Crippen molar-refractivity contribution < 1.29 is 9.90 Å². The zero-order valence-electron chi connectivity index (χ0n) is 10.6. The number of aromatic nitrogens is 3. The normalized spacial score (nSPS) is 10.5. The van der Waals surface area contributed by atoms with Crippen molar-refractivity contribution in [2.45, 2.75) is 13.1 Å². The minimum Gasteiger partial charge on any atom is -0.394 e. The molecule has 0 radical (unpaired) electrons. The summed E-state index contributed by atoms with van der Waals surface area (Å²) in [6, 6.07) is 4.75. The van der Waals surface area contributed by atoms with Crippen LogP contribution in [0.4, 0.5) is 5.69 Å². The Morgan fingerprint density at radius 3 is 3.00 bits per heavy atom. The molecule has 1 aromatic carbocycles. The van der Waals surface area contributed by atoms with Crippen LogP contribution in [0.3, 0.4) is 0 Å². The molecule has 106 valence electrons. The first-order valence-corrected chi connectivity index (χ1v) is 6.31. The summed E-state index contributed by atoms with van der Waals surface area (Å²) in [6.07, 6.45) is 1.72. The van der Waals surface area contributed by atoms with Crippen molar-refractivity contribution in [3.8, 4) is 0 Å². The number of halogens is 1. The smallest absolute Gasteiger partial charge is 0.248 e. The van der Waals surface area contributed by atoms with Crippen LogP contribution in [0.15, 0.2) is 24.4 Å². The van der Waals surface area contributed by atoms with Crippen LogP contribution in [0.5, 0.6) is 0 Å². The van der Waals surface area contributed by atoms with E-state index in [-0.39, 0.29) is 6.61 Å². The molecular formula is C12H14ClN5O2. The van der Waals surface area contributed by atoms with E-state index in [1.807, 2.05) is 0 Å². The summed E-state index contributed by atoms with van der Waals surface area (Å²) < 4.78 is 1.54. The molecule has 20 heavy (non-hydrogen) atoms. The molecule has 0 bridgehead atoms. The van der Waals surface area contributed by atoms with Crippen molar-refractivity contribution in [3.05, 3.63) is 40.7 Å². The van der Waals surface area contributed by atoms with Gasteiger partial charge in [0.1, 0.15) is 5.69 Å². The summed E-state index contributed by atoms with van der Waals surface area (Å²) in [5.74, 6) is -0.515. The van der Waals surface area contributed by atoms with Gasteiger partial charge in [0.25, 0.3) is 0 Å². The van der Waals surface area contributed by atoms with Gasteiger partial charge in [-0.1, -0.05) is 16.8 Å². The van der Waals surface area contributed by atoms with Gasteiger partial charge in [-0.15, -0.1) is 5.10 Å². The van der Waals surface area contributed by atoms with Gasteiger partial charge in [0.15, 0.2) is 0 Å². The molecule has 0 aliphatic rings. The van der Waals surface area contributed by atoms with Crippen molar-refractivity contribution in [1.82, 2.24) is 15.0 Å². The Bertz CT molecular complexity index is 614. The SMILES string of the molecule is NC(=O)c1ccc(Cl)c(NCc2cn(CCO)nn2)c1. The number of hydrogen-bond acceptors (Lipinski definition) is 5. The summed E-state index contributed by atoms with van der Waals surface area (Å²) in [4.78, 5) is 11.1. The minimum absolute atomic E-state index is 0.00269. The number of nitrogens with one attached hydrogen (secondary N) is 1. The van der Waals surface area contributed by atoms with Crippen molar-refractivity contribution in [2.24, 2.45) is 5.73 Å². The Morgan fingerprint density at radius 1 is 1.50 bits per heavy atom. The molecule has 0 aliphatic heterocycles. The van der Waals surface area contributed by atoms with E-state index in [4.69, 9.17) is 22.4 Å². The van der Waals surface area contributed by atoms with Gasteiger partial charge in [0.2, 0.25) is 5.91 Å². The molecule has 0 saturated carbocycles. The first kappa shape index (κ1) is 14.3. The number of carbonyl (C=O) groups excluding carboxylic acids is 1. The summed E-state index contributed by atoms with van der Waals surface area (Å²) in [5, 5.41) is 20.1. The summed E-state index contributed by atoms with van der Waals surface area (Å²) >= 11 is 6.03. The number of benzene rings is 1. The third-order valence-electron chi connectivity index (χ3n) is 2.63. The summed E-state index contributed by atoms with van der Waals surface area (Å²) in [5.41, 5.74) is 6.88. The van der Waals surface area contributed by atoms with Gasteiger partial charge in [-0.25, -0.2) is 4.68 Å². The number of nitrogens with zero attached hydrogens (tertiary/aromatic N) is 3. The van der Waals surface area contributed by atoms with Crippen LogP contribution in [-0.2, 0) is 13.1 Å². The molecule has 4 N–H and O–H groups in total. The zero-order valence-corrected chi connectivity index (χ0v) is 11.3. The van der Waals surface area contributed by atoms with Crippen molar-refractivity contribution in [1.29, 1.82) is 0 Å². The van der Waals surface area contributed by atoms with Gasteiger partial charge in [0.05, 0.1) is 36.6 Å². The lowest BCUT2D eigenvalue weighted by Crippen LogP contribution is -2.11. The second-order valence-corrected chi connectivity index (χ2v) is 4.52. The van der Waals surface area contributed by atoms with Crippen molar-refractivity contribution in [3.63, 3.8) is 0 Å².